The number of amides is 3. The molecule has 2 fully saturated rings. The standard InChI is InChI=1S/C26H27F2N5O4/c1-31-22-18(3-2-4-19(22)33(25(31)37)20-9-10-21(34)30-24(20)36)29-23(35)17-7-5-16(6-8-17)15-32-13-11-26(27,28)12-14-32/h2-8,20H,9-15H2,1H3,(H,29,35)(H,30,34,36). The second kappa shape index (κ2) is 9.55. The van der Waals surface area contributed by atoms with Crippen LogP contribution >= 0.6 is 0 Å². The minimum absolute atomic E-state index is 0.135. The van der Waals surface area contributed by atoms with Crippen LogP contribution in [0.15, 0.2) is 47.3 Å². The molecule has 1 atom stereocenters. The number of alkyl halides is 2. The number of rotatable bonds is 5. The highest BCUT2D eigenvalue weighted by Gasteiger charge is 2.34. The van der Waals surface area contributed by atoms with Crippen LogP contribution in [0, 0.1) is 0 Å². The van der Waals surface area contributed by atoms with Crippen LogP contribution in [-0.4, -0.2) is 50.8 Å². The molecular weight excluding hydrogens is 484 g/mol. The first-order chi connectivity index (χ1) is 17.6. The highest BCUT2D eigenvalue weighted by atomic mass is 19.3. The number of nitrogens with one attached hydrogen (secondary N) is 2. The Labute approximate surface area is 211 Å². The molecule has 2 aromatic carbocycles. The van der Waals surface area contributed by atoms with Gasteiger partial charge < -0.3 is 5.32 Å². The second-order valence-electron chi connectivity index (χ2n) is 9.63. The third kappa shape index (κ3) is 4.91. The van der Waals surface area contributed by atoms with E-state index >= 15 is 0 Å². The van der Waals surface area contributed by atoms with Gasteiger partial charge in [-0.3, -0.25) is 33.7 Å². The van der Waals surface area contributed by atoms with Gasteiger partial charge in [-0.1, -0.05) is 18.2 Å². The van der Waals surface area contributed by atoms with Gasteiger partial charge in [0.15, 0.2) is 0 Å². The van der Waals surface area contributed by atoms with E-state index in [1.807, 2.05) is 4.90 Å². The number of carbonyl (C=O) groups is 3. The highest BCUT2D eigenvalue weighted by Crippen LogP contribution is 2.29. The Morgan fingerprint density at radius 1 is 1.08 bits per heavy atom. The van der Waals surface area contributed by atoms with Gasteiger partial charge in [0.2, 0.25) is 11.8 Å². The van der Waals surface area contributed by atoms with E-state index < -0.39 is 23.6 Å². The van der Waals surface area contributed by atoms with Crippen molar-refractivity contribution >= 4 is 34.4 Å². The van der Waals surface area contributed by atoms with Crippen LogP contribution in [-0.2, 0) is 23.2 Å². The Hall–Kier alpha value is -3.86. The van der Waals surface area contributed by atoms with Crippen molar-refractivity contribution in [3.8, 4) is 0 Å². The summed E-state index contributed by atoms with van der Waals surface area (Å²) in [5.41, 5.74) is 2.25. The predicted molar refractivity (Wildman–Crippen MR) is 132 cm³/mol. The maximum absolute atomic E-state index is 13.4. The molecule has 0 spiro atoms. The summed E-state index contributed by atoms with van der Waals surface area (Å²) in [7, 11) is 1.56. The van der Waals surface area contributed by atoms with Gasteiger partial charge in [-0.25, -0.2) is 13.6 Å². The summed E-state index contributed by atoms with van der Waals surface area (Å²) in [6, 6.07) is 11.2. The lowest BCUT2D eigenvalue weighted by Gasteiger charge is -2.31. The Kier molecular flexibility index (Phi) is 6.40. The second-order valence-corrected chi connectivity index (χ2v) is 9.63. The van der Waals surface area contributed by atoms with E-state index in [2.05, 4.69) is 10.6 Å². The Balaban J connectivity index is 1.34. The molecule has 37 heavy (non-hydrogen) atoms. The van der Waals surface area contributed by atoms with Crippen molar-refractivity contribution in [3.05, 3.63) is 64.1 Å². The molecule has 2 aliphatic rings. The van der Waals surface area contributed by atoms with Crippen LogP contribution < -0.4 is 16.3 Å². The third-order valence-electron chi connectivity index (χ3n) is 7.08. The van der Waals surface area contributed by atoms with Crippen molar-refractivity contribution in [1.29, 1.82) is 0 Å². The number of benzene rings is 2. The summed E-state index contributed by atoms with van der Waals surface area (Å²) in [6.07, 6.45) is 0.0575. The smallest absolute Gasteiger partial charge is 0.320 e. The lowest BCUT2D eigenvalue weighted by molar-refractivity contribution is -0.135. The van der Waals surface area contributed by atoms with Gasteiger partial charge in [-0.2, -0.15) is 0 Å². The first-order valence-electron chi connectivity index (χ1n) is 12.2. The maximum Gasteiger partial charge on any atom is 0.329 e. The van der Waals surface area contributed by atoms with Crippen LogP contribution in [0.5, 0.6) is 0 Å². The van der Waals surface area contributed by atoms with Gasteiger partial charge >= 0.3 is 5.69 Å². The fourth-order valence-corrected chi connectivity index (χ4v) is 5.02. The molecule has 3 amide bonds. The molecule has 0 bridgehead atoms. The van der Waals surface area contributed by atoms with Crippen molar-refractivity contribution in [3.63, 3.8) is 0 Å². The molecule has 2 N–H and O–H groups in total. The highest BCUT2D eigenvalue weighted by molar-refractivity contribution is 6.08. The zero-order valence-electron chi connectivity index (χ0n) is 20.3. The molecule has 2 aliphatic heterocycles. The van der Waals surface area contributed by atoms with Crippen LogP contribution in [0.4, 0.5) is 14.5 Å². The number of imidazole rings is 1. The monoisotopic (exact) mass is 511 g/mol. The molecule has 1 unspecified atom stereocenters. The van der Waals surface area contributed by atoms with Gasteiger partial charge in [0.1, 0.15) is 6.04 Å². The van der Waals surface area contributed by atoms with E-state index in [0.717, 1.165) is 5.56 Å². The Bertz CT molecular complexity index is 1430. The van der Waals surface area contributed by atoms with E-state index in [0.29, 0.717) is 41.9 Å². The van der Waals surface area contributed by atoms with Gasteiger partial charge in [0, 0.05) is 51.5 Å². The predicted octanol–water partition coefficient (Wildman–Crippen LogP) is 2.80. The lowest BCUT2D eigenvalue weighted by atomic mass is 10.1. The van der Waals surface area contributed by atoms with E-state index in [-0.39, 0.29) is 37.5 Å². The van der Waals surface area contributed by atoms with Crippen LogP contribution in [0.1, 0.15) is 47.6 Å². The SMILES string of the molecule is Cn1c(=O)n(C2CCC(=O)NC2=O)c2cccc(NC(=O)c3ccc(CN4CCC(F)(F)CC4)cc3)c21. The van der Waals surface area contributed by atoms with Gasteiger partial charge in [0.05, 0.1) is 16.7 Å². The average molecular weight is 512 g/mol. The number of nitrogens with zero attached hydrogens (tertiary/aromatic N) is 3. The number of piperidine rings is 2. The number of hydrogen-bond acceptors (Lipinski definition) is 5. The van der Waals surface area contributed by atoms with Gasteiger partial charge in [-0.05, 0) is 36.2 Å². The van der Waals surface area contributed by atoms with Gasteiger partial charge in [-0.15, -0.1) is 0 Å². The number of fused-ring (bicyclic) bond motifs is 1. The van der Waals surface area contributed by atoms with E-state index in [4.69, 9.17) is 0 Å². The van der Waals surface area contributed by atoms with Crippen molar-refractivity contribution in [1.82, 2.24) is 19.4 Å². The molecule has 9 nitrogen and oxygen atoms in total. The molecule has 3 heterocycles. The number of anilines is 1. The van der Waals surface area contributed by atoms with Crippen LogP contribution in [0.25, 0.3) is 11.0 Å². The number of hydrogen-bond donors (Lipinski definition) is 2. The number of para-hydroxylation sites is 1. The molecule has 194 valence electrons. The molecule has 0 aliphatic carbocycles. The zero-order chi connectivity index (χ0) is 26.3. The minimum atomic E-state index is -2.59. The summed E-state index contributed by atoms with van der Waals surface area (Å²) in [6.45, 7) is 1.19. The first-order valence-corrected chi connectivity index (χ1v) is 12.2. The third-order valence-corrected chi connectivity index (χ3v) is 7.08. The Morgan fingerprint density at radius 2 is 1.78 bits per heavy atom. The van der Waals surface area contributed by atoms with Crippen molar-refractivity contribution in [2.45, 2.75) is 44.2 Å². The first kappa shape index (κ1) is 24.8. The number of imide groups is 1. The molecule has 11 heteroatoms. The Morgan fingerprint density at radius 3 is 2.46 bits per heavy atom. The quantitative estimate of drug-likeness (QED) is 0.513. The van der Waals surface area contributed by atoms with E-state index in [1.165, 1.54) is 9.13 Å². The molecule has 3 aromatic rings. The minimum Gasteiger partial charge on any atom is -0.320 e. The fourth-order valence-electron chi connectivity index (χ4n) is 5.02. The van der Waals surface area contributed by atoms with Gasteiger partial charge in [0.25, 0.3) is 11.8 Å². The van der Waals surface area contributed by atoms with Crippen molar-refractivity contribution < 1.29 is 23.2 Å². The summed E-state index contributed by atoms with van der Waals surface area (Å²) in [4.78, 5) is 52.0. The molecule has 5 rings (SSSR count). The summed E-state index contributed by atoms with van der Waals surface area (Å²) in [5.74, 6) is -3.87. The summed E-state index contributed by atoms with van der Waals surface area (Å²) < 4.78 is 29.5. The number of aryl methyl sites for hydroxylation is 1. The average Bonchev–Trinajstić information content (AvgIpc) is 3.11. The van der Waals surface area contributed by atoms with Crippen molar-refractivity contribution in [2.75, 3.05) is 18.4 Å². The number of likely N-dealkylation sites (tertiary alicyclic amines) is 1. The largest absolute Gasteiger partial charge is 0.329 e. The number of aromatic nitrogens is 2. The summed E-state index contributed by atoms with van der Waals surface area (Å²) >= 11 is 0. The fraction of sp³-hybridized carbons (Fsp3) is 0.385. The zero-order valence-corrected chi connectivity index (χ0v) is 20.3. The van der Waals surface area contributed by atoms with Crippen LogP contribution in [0.3, 0.4) is 0 Å². The summed E-state index contributed by atoms with van der Waals surface area (Å²) in [5, 5.41) is 5.13. The molecule has 0 saturated carbocycles. The molecule has 1 aromatic heterocycles. The molecular formula is C26H27F2N5O4. The number of carbonyl (C=O) groups excluding carboxylic acids is 3. The van der Waals surface area contributed by atoms with Crippen molar-refractivity contribution in [2.24, 2.45) is 7.05 Å². The molecule has 2 saturated heterocycles. The topological polar surface area (TPSA) is 105 Å². The van der Waals surface area contributed by atoms with E-state index in [9.17, 15) is 28.0 Å². The lowest BCUT2D eigenvalue weighted by Crippen LogP contribution is -2.44. The maximum atomic E-state index is 13.4. The number of halogens is 2. The van der Waals surface area contributed by atoms with Crippen LogP contribution in [0.2, 0.25) is 0 Å². The van der Waals surface area contributed by atoms with E-state index in [1.54, 1.807) is 49.5 Å². The normalized spacial score (nSPS) is 20.1. The molecule has 0 radical (unpaired) electrons.